The van der Waals surface area contributed by atoms with Gasteiger partial charge < -0.3 is 19.4 Å². The van der Waals surface area contributed by atoms with Crippen molar-refractivity contribution in [2.24, 2.45) is 0 Å². The molecule has 2 heterocycles. The summed E-state index contributed by atoms with van der Waals surface area (Å²) in [6.07, 6.45) is 1.58. The van der Waals surface area contributed by atoms with Crippen LogP contribution in [0.5, 0.6) is 11.5 Å². The summed E-state index contributed by atoms with van der Waals surface area (Å²) in [7, 11) is 0. The molecule has 2 aromatic heterocycles. The Morgan fingerprint density at radius 2 is 1.71 bits per heavy atom. The standard InChI is InChI=1S/C24H20N2O5/c27-21(23-25-15-22(31-23)19-7-4-8-20(26-19)24(28)29)14-11-16-9-12-18(13-10-16)30-17-5-2-1-3-6-17/h1-10,12-13,15,21,27H,11,14H2,(H,28,29). The van der Waals surface area contributed by atoms with Gasteiger partial charge >= 0.3 is 5.97 Å². The minimum Gasteiger partial charge on any atom is -0.477 e. The van der Waals surface area contributed by atoms with Gasteiger partial charge in [0.25, 0.3) is 0 Å². The molecule has 2 aromatic carbocycles. The van der Waals surface area contributed by atoms with Gasteiger partial charge in [-0.2, -0.15) is 0 Å². The zero-order valence-corrected chi connectivity index (χ0v) is 16.5. The first-order valence-corrected chi connectivity index (χ1v) is 9.75. The van der Waals surface area contributed by atoms with Gasteiger partial charge in [-0.05, 0) is 54.8 Å². The molecule has 0 aliphatic carbocycles. The van der Waals surface area contributed by atoms with Gasteiger partial charge in [0, 0.05) is 0 Å². The van der Waals surface area contributed by atoms with Gasteiger partial charge in [-0.3, -0.25) is 0 Å². The molecule has 0 saturated carbocycles. The van der Waals surface area contributed by atoms with Crippen molar-refractivity contribution in [2.75, 3.05) is 0 Å². The van der Waals surface area contributed by atoms with E-state index in [4.69, 9.17) is 14.3 Å². The summed E-state index contributed by atoms with van der Waals surface area (Å²) in [5, 5.41) is 19.5. The van der Waals surface area contributed by atoms with E-state index >= 15 is 0 Å². The van der Waals surface area contributed by atoms with Crippen molar-refractivity contribution in [3.05, 3.63) is 96.1 Å². The molecule has 7 nitrogen and oxygen atoms in total. The molecule has 156 valence electrons. The van der Waals surface area contributed by atoms with Crippen LogP contribution in [0.15, 0.2) is 83.4 Å². The van der Waals surface area contributed by atoms with Gasteiger partial charge in [0.05, 0.1) is 6.20 Å². The van der Waals surface area contributed by atoms with Crippen LogP contribution in [-0.4, -0.2) is 26.2 Å². The summed E-state index contributed by atoms with van der Waals surface area (Å²) in [6.45, 7) is 0. The Labute approximate surface area is 178 Å². The molecule has 1 atom stereocenters. The molecule has 2 N–H and O–H groups in total. The number of rotatable bonds is 8. The van der Waals surface area contributed by atoms with Crippen LogP contribution < -0.4 is 4.74 Å². The van der Waals surface area contributed by atoms with E-state index in [2.05, 4.69) is 9.97 Å². The highest BCUT2D eigenvalue weighted by Crippen LogP contribution is 2.26. The highest BCUT2D eigenvalue weighted by atomic mass is 16.5. The van der Waals surface area contributed by atoms with Gasteiger partial charge in [-0.1, -0.05) is 36.4 Å². The number of aromatic nitrogens is 2. The quantitative estimate of drug-likeness (QED) is 0.421. The van der Waals surface area contributed by atoms with E-state index in [1.807, 2.05) is 54.6 Å². The summed E-state index contributed by atoms with van der Waals surface area (Å²) >= 11 is 0. The SMILES string of the molecule is O=C(O)c1cccc(-c2cnc(C(O)CCc3ccc(Oc4ccccc4)cc3)o2)n1. The first-order chi connectivity index (χ1) is 15.1. The Balaban J connectivity index is 1.35. The van der Waals surface area contributed by atoms with Crippen LogP contribution in [0.4, 0.5) is 0 Å². The molecule has 4 rings (SSSR count). The maximum absolute atomic E-state index is 11.1. The topological polar surface area (TPSA) is 106 Å². The summed E-state index contributed by atoms with van der Waals surface area (Å²) < 4.78 is 11.4. The van der Waals surface area contributed by atoms with Gasteiger partial charge in [0.15, 0.2) is 5.76 Å². The number of aliphatic hydroxyl groups excluding tert-OH is 1. The number of aryl methyl sites for hydroxylation is 1. The molecule has 7 heteroatoms. The molecule has 0 fully saturated rings. The molecule has 0 bridgehead atoms. The number of ether oxygens (including phenoxy) is 1. The van der Waals surface area contributed by atoms with Crippen LogP contribution in [0.25, 0.3) is 11.5 Å². The number of benzene rings is 2. The lowest BCUT2D eigenvalue weighted by Gasteiger charge is -2.08. The Morgan fingerprint density at radius 1 is 0.968 bits per heavy atom. The Bertz CT molecular complexity index is 1160. The number of hydrogen-bond donors (Lipinski definition) is 2. The highest BCUT2D eigenvalue weighted by Gasteiger charge is 2.17. The van der Waals surface area contributed by atoms with Crippen LogP contribution in [0, 0.1) is 0 Å². The number of aliphatic hydroxyl groups is 1. The summed E-state index contributed by atoms with van der Waals surface area (Å²) in [5.74, 6) is 0.862. The minimum absolute atomic E-state index is 0.0873. The number of aromatic carboxylic acids is 1. The van der Waals surface area contributed by atoms with Crippen molar-refractivity contribution in [1.82, 2.24) is 9.97 Å². The van der Waals surface area contributed by atoms with Gasteiger partial charge in [0.2, 0.25) is 5.89 Å². The molecule has 0 amide bonds. The monoisotopic (exact) mass is 416 g/mol. The second-order valence-corrected chi connectivity index (χ2v) is 6.89. The van der Waals surface area contributed by atoms with E-state index in [-0.39, 0.29) is 11.6 Å². The fourth-order valence-electron chi connectivity index (χ4n) is 3.03. The summed E-state index contributed by atoms with van der Waals surface area (Å²) in [5.41, 5.74) is 1.30. The average Bonchev–Trinajstić information content (AvgIpc) is 3.30. The molecule has 1 unspecified atom stereocenters. The van der Waals surface area contributed by atoms with Gasteiger partial charge in [-0.15, -0.1) is 0 Å². The van der Waals surface area contributed by atoms with Crippen LogP contribution in [0.2, 0.25) is 0 Å². The maximum atomic E-state index is 11.1. The molecule has 4 aromatic rings. The number of pyridine rings is 1. The Morgan fingerprint density at radius 3 is 2.45 bits per heavy atom. The first kappa shape index (κ1) is 20.3. The zero-order chi connectivity index (χ0) is 21.6. The van der Waals surface area contributed by atoms with Crippen molar-refractivity contribution in [1.29, 1.82) is 0 Å². The van der Waals surface area contributed by atoms with Crippen molar-refractivity contribution < 1.29 is 24.2 Å². The van der Waals surface area contributed by atoms with Crippen molar-refractivity contribution in [3.8, 4) is 23.0 Å². The van der Waals surface area contributed by atoms with Crippen molar-refractivity contribution in [2.45, 2.75) is 18.9 Å². The molecular weight excluding hydrogens is 396 g/mol. The average molecular weight is 416 g/mol. The molecule has 0 radical (unpaired) electrons. The van der Waals surface area contributed by atoms with Gasteiger partial charge in [0.1, 0.15) is 29.0 Å². The third-order valence-corrected chi connectivity index (χ3v) is 4.64. The predicted octanol–water partition coefficient (Wildman–Crippen LogP) is 4.89. The Hall–Kier alpha value is -3.97. The normalized spacial score (nSPS) is 11.8. The van der Waals surface area contributed by atoms with Crippen LogP contribution >= 0.6 is 0 Å². The van der Waals surface area contributed by atoms with Crippen molar-refractivity contribution >= 4 is 5.97 Å². The number of nitrogens with zero attached hydrogens (tertiary/aromatic N) is 2. The lowest BCUT2D eigenvalue weighted by atomic mass is 10.1. The number of carboxylic acids is 1. The van der Waals surface area contributed by atoms with Crippen molar-refractivity contribution in [3.63, 3.8) is 0 Å². The first-order valence-electron chi connectivity index (χ1n) is 9.75. The molecule has 0 spiro atoms. The van der Waals surface area contributed by atoms with Crippen LogP contribution in [-0.2, 0) is 6.42 Å². The number of carbonyl (C=O) groups is 1. The number of hydrogen-bond acceptors (Lipinski definition) is 6. The lowest BCUT2D eigenvalue weighted by molar-refractivity contribution is 0.0690. The van der Waals surface area contributed by atoms with E-state index < -0.39 is 12.1 Å². The summed E-state index contributed by atoms with van der Waals surface area (Å²) in [6, 6.07) is 21.8. The van der Waals surface area contributed by atoms with E-state index in [1.54, 1.807) is 12.1 Å². The minimum atomic E-state index is -1.12. The van der Waals surface area contributed by atoms with E-state index in [0.717, 1.165) is 17.1 Å². The second kappa shape index (κ2) is 9.23. The highest BCUT2D eigenvalue weighted by molar-refractivity contribution is 5.85. The molecule has 31 heavy (non-hydrogen) atoms. The lowest BCUT2D eigenvalue weighted by Crippen LogP contribution is -2.00. The smallest absolute Gasteiger partial charge is 0.354 e. The van der Waals surface area contributed by atoms with E-state index in [0.29, 0.717) is 24.3 Å². The largest absolute Gasteiger partial charge is 0.477 e. The number of para-hydroxylation sites is 1. The molecule has 0 aliphatic heterocycles. The van der Waals surface area contributed by atoms with E-state index in [1.165, 1.54) is 12.3 Å². The molecular formula is C24H20N2O5. The summed E-state index contributed by atoms with van der Waals surface area (Å²) in [4.78, 5) is 19.2. The number of oxazole rings is 1. The van der Waals surface area contributed by atoms with E-state index in [9.17, 15) is 9.90 Å². The van der Waals surface area contributed by atoms with Gasteiger partial charge in [-0.25, -0.2) is 14.8 Å². The van der Waals surface area contributed by atoms with Crippen LogP contribution in [0.3, 0.4) is 0 Å². The number of carboxylic acid groups (broad SMARTS) is 1. The Kier molecular flexibility index (Phi) is 6.05. The second-order valence-electron chi connectivity index (χ2n) is 6.89. The maximum Gasteiger partial charge on any atom is 0.354 e. The zero-order valence-electron chi connectivity index (χ0n) is 16.5. The fourth-order valence-corrected chi connectivity index (χ4v) is 3.03. The third-order valence-electron chi connectivity index (χ3n) is 4.64. The predicted molar refractivity (Wildman–Crippen MR) is 113 cm³/mol. The third kappa shape index (κ3) is 5.15. The fraction of sp³-hybridized carbons (Fsp3) is 0.125. The molecule has 0 aliphatic rings. The van der Waals surface area contributed by atoms with Crippen LogP contribution in [0.1, 0.15) is 34.5 Å². The molecule has 0 saturated heterocycles.